The number of halogens is 2. The Kier molecular flexibility index (Phi) is 6.58. The summed E-state index contributed by atoms with van der Waals surface area (Å²) in [4.78, 5) is 20.6. The molecule has 2 aromatic carbocycles. The molecule has 2 aromatic heterocycles. The first-order valence-electron chi connectivity index (χ1n) is 9.71. The summed E-state index contributed by atoms with van der Waals surface area (Å²) < 4.78 is 7.77. The van der Waals surface area contributed by atoms with Crippen molar-refractivity contribution in [3.05, 3.63) is 83.8 Å². The summed E-state index contributed by atoms with van der Waals surface area (Å²) in [5.74, 6) is 0.734. The Morgan fingerprint density at radius 2 is 1.97 bits per heavy atom. The second-order valence-corrected chi connectivity index (χ2v) is 7.71. The maximum Gasteiger partial charge on any atom is 0.247 e. The number of hydrogen-bond acceptors (Lipinski definition) is 6. The van der Waals surface area contributed by atoms with Crippen LogP contribution in [0.2, 0.25) is 10.0 Å². The molecule has 0 saturated carbocycles. The molecule has 0 bridgehead atoms. The zero-order valence-corrected chi connectivity index (χ0v) is 18.9. The lowest BCUT2D eigenvalue weighted by Gasteiger charge is -2.13. The first kappa shape index (κ1) is 22.3. The molecule has 4 rings (SSSR count). The van der Waals surface area contributed by atoms with Gasteiger partial charge in [-0.25, -0.2) is 4.98 Å². The molecular formula is C23H18Cl2N6O2. The van der Waals surface area contributed by atoms with Crippen molar-refractivity contribution >= 4 is 46.4 Å². The fourth-order valence-corrected chi connectivity index (χ4v) is 3.22. The number of aromatic nitrogens is 4. The number of carbonyl (C=O) groups excluding carboxylic acids is 1. The topological polar surface area (TPSA) is 94.0 Å². The van der Waals surface area contributed by atoms with E-state index in [0.29, 0.717) is 33.0 Å². The van der Waals surface area contributed by atoms with Gasteiger partial charge in [0.05, 0.1) is 27.5 Å². The van der Waals surface area contributed by atoms with Gasteiger partial charge in [0.15, 0.2) is 0 Å². The van der Waals surface area contributed by atoms with Gasteiger partial charge in [0.1, 0.15) is 5.75 Å². The quantitative estimate of drug-likeness (QED) is 0.322. The minimum atomic E-state index is -0.325. The molecule has 0 spiro atoms. The number of nitrogens with one attached hydrogen (secondary N) is 2. The number of aryl methyl sites for hydroxylation is 1. The summed E-state index contributed by atoms with van der Waals surface area (Å²) >= 11 is 12.3. The normalized spacial score (nSPS) is 10.5. The Morgan fingerprint density at radius 1 is 1.12 bits per heavy atom. The maximum absolute atomic E-state index is 11.6. The Labute approximate surface area is 199 Å². The molecule has 2 heterocycles. The van der Waals surface area contributed by atoms with E-state index in [2.05, 4.69) is 32.3 Å². The first-order valence-corrected chi connectivity index (χ1v) is 10.5. The van der Waals surface area contributed by atoms with E-state index in [1.54, 1.807) is 65.7 Å². The second kappa shape index (κ2) is 9.72. The number of rotatable bonds is 7. The lowest BCUT2D eigenvalue weighted by Crippen LogP contribution is -2.07. The highest BCUT2D eigenvalue weighted by molar-refractivity contribution is 6.42. The van der Waals surface area contributed by atoms with Gasteiger partial charge in [-0.3, -0.25) is 9.48 Å². The molecule has 166 valence electrons. The fraction of sp³-hybridized carbons (Fsp3) is 0.0435. The molecular weight excluding hydrogens is 463 g/mol. The molecule has 8 nitrogen and oxygen atoms in total. The van der Waals surface area contributed by atoms with Crippen molar-refractivity contribution in [3.63, 3.8) is 0 Å². The van der Waals surface area contributed by atoms with Crippen LogP contribution >= 0.6 is 23.2 Å². The monoisotopic (exact) mass is 480 g/mol. The molecule has 0 atom stereocenters. The summed E-state index contributed by atoms with van der Waals surface area (Å²) in [5.41, 5.74) is 2.60. The standard InChI is InChI=1S/C23H18Cl2N6O2/c1-3-21(32)28-15-5-4-6-17(10-15)33-22-18(14-7-8-19(24)20(25)9-14)12-26-23(30-22)29-16-11-27-31(2)13-16/h3-13H,1H2,2H3,(H,28,32)(H,26,29,30). The lowest BCUT2D eigenvalue weighted by atomic mass is 10.1. The van der Waals surface area contributed by atoms with Crippen molar-refractivity contribution in [1.82, 2.24) is 19.7 Å². The van der Waals surface area contributed by atoms with Crippen LogP contribution in [0.5, 0.6) is 11.6 Å². The summed E-state index contributed by atoms with van der Waals surface area (Å²) in [6.07, 6.45) is 6.27. The van der Waals surface area contributed by atoms with Crippen LogP contribution in [-0.2, 0) is 11.8 Å². The molecule has 2 N–H and O–H groups in total. The Hall–Kier alpha value is -3.88. The number of anilines is 3. The van der Waals surface area contributed by atoms with E-state index < -0.39 is 0 Å². The molecule has 0 aliphatic rings. The minimum absolute atomic E-state index is 0.280. The maximum atomic E-state index is 11.6. The Bertz CT molecular complexity index is 1340. The molecule has 4 aromatic rings. The molecule has 0 aliphatic heterocycles. The lowest BCUT2D eigenvalue weighted by molar-refractivity contribution is -0.111. The number of hydrogen-bond donors (Lipinski definition) is 2. The predicted molar refractivity (Wildman–Crippen MR) is 129 cm³/mol. The van der Waals surface area contributed by atoms with Gasteiger partial charge in [-0.2, -0.15) is 10.1 Å². The fourth-order valence-electron chi connectivity index (χ4n) is 2.92. The second-order valence-electron chi connectivity index (χ2n) is 6.89. The van der Waals surface area contributed by atoms with E-state index in [4.69, 9.17) is 27.9 Å². The average molecular weight is 481 g/mol. The van der Waals surface area contributed by atoms with Gasteiger partial charge >= 0.3 is 0 Å². The number of nitrogens with zero attached hydrogens (tertiary/aromatic N) is 4. The third kappa shape index (κ3) is 5.49. The van der Waals surface area contributed by atoms with Crippen LogP contribution in [0, 0.1) is 0 Å². The third-order valence-corrected chi connectivity index (χ3v) is 5.19. The van der Waals surface area contributed by atoms with Crippen molar-refractivity contribution in [2.45, 2.75) is 0 Å². The summed E-state index contributed by atoms with van der Waals surface area (Å²) in [6, 6.07) is 12.1. The minimum Gasteiger partial charge on any atom is -0.438 e. The van der Waals surface area contributed by atoms with E-state index >= 15 is 0 Å². The SMILES string of the molecule is C=CC(=O)Nc1cccc(Oc2nc(Nc3cnn(C)c3)ncc2-c2ccc(Cl)c(Cl)c2)c1. The van der Waals surface area contributed by atoms with Crippen molar-refractivity contribution in [2.24, 2.45) is 7.05 Å². The van der Waals surface area contributed by atoms with E-state index in [1.165, 1.54) is 6.08 Å². The molecule has 10 heteroatoms. The number of carbonyl (C=O) groups is 1. The van der Waals surface area contributed by atoms with Crippen molar-refractivity contribution in [3.8, 4) is 22.8 Å². The van der Waals surface area contributed by atoms with Crippen molar-refractivity contribution in [2.75, 3.05) is 10.6 Å². The predicted octanol–water partition coefficient (Wildman–Crippen LogP) is 5.84. The molecule has 1 amide bonds. The van der Waals surface area contributed by atoms with Gasteiger partial charge < -0.3 is 15.4 Å². The third-order valence-electron chi connectivity index (χ3n) is 4.45. The van der Waals surface area contributed by atoms with Crippen LogP contribution in [0.3, 0.4) is 0 Å². The summed E-state index contributed by atoms with van der Waals surface area (Å²) in [5, 5.41) is 10.7. The van der Waals surface area contributed by atoms with Gasteiger partial charge in [-0.05, 0) is 35.9 Å². The average Bonchev–Trinajstić information content (AvgIpc) is 3.20. The van der Waals surface area contributed by atoms with Crippen molar-refractivity contribution in [1.29, 1.82) is 0 Å². The largest absolute Gasteiger partial charge is 0.438 e. The Morgan fingerprint density at radius 3 is 2.70 bits per heavy atom. The molecule has 0 unspecified atom stereocenters. The summed E-state index contributed by atoms with van der Waals surface area (Å²) in [7, 11) is 1.81. The Balaban J connectivity index is 1.71. The number of benzene rings is 2. The first-order chi connectivity index (χ1) is 15.9. The highest BCUT2D eigenvalue weighted by Crippen LogP contribution is 2.36. The number of ether oxygens (including phenoxy) is 1. The van der Waals surface area contributed by atoms with E-state index in [-0.39, 0.29) is 11.8 Å². The molecule has 33 heavy (non-hydrogen) atoms. The van der Waals surface area contributed by atoms with E-state index in [1.807, 2.05) is 7.05 Å². The highest BCUT2D eigenvalue weighted by Gasteiger charge is 2.14. The van der Waals surface area contributed by atoms with E-state index in [9.17, 15) is 4.79 Å². The molecule has 0 fully saturated rings. The van der Waals surface area contributed by atoms with Gasteiger partial charge in [0.25, 0.3) is 0 Å². The highest BCUT2D eigenvalue weighted by atomic mass is 35.5. The van der Waals surface area contributed by atoms with E-state index in [0.717, 1.165) is 11.3 Å². The molecule has 0 aliphatic carbocycles. The van der Waals surface area contributed by atoms with Crippen molar-refractivity contribution < 1.29 is 9.53 Å². The van der Waals surface area contributed by atoms with Crippen LogP contribution < -0.4 is 15.4 Å². The van der Waals surface area contributed by atoms with Crippen LogP contribution in [0.15, 0.2) is 73.7 Å². The smallest absolute Gasteiger partial charge is 0.247 e. The van der Waals surface area contributed by atoms with Crippen LogP contribution in [0.1, 0.15) is 0 Å². The van der Waals surface area contributed by atoms with Gasteiger partial charge in [0.2, 0.25) is 17.7 Å². The molecule has 0 radical (unpaired) electrons. The molecule has 0 saturated heterocycles. The van der Waals surface area contributed by atoms with Crippen LogP contribution in [0.4, 0.5) is 17.3 Å². The van der Waals surface area contributed by atoms with Crippen LogP contribution in [0.25, 0.3) is 11.1 Å². The zero-order chi connectivity index (χ0) is 23.4. The van der Waals surface area contributed by atoms with Gasteiger partial charge in [-0.15, -0.1) is 0 Å². The van der Waals surface area contributed by atoms with Gasteiger partial charge in [-0.1, -0.05) is 41.9 Å². The van der Waals surface area contributed by atoms with Crippen LogP contribution in [-0.4, -0.2) is 25.7 Å². The zero-order valence-electron chi connectivity index (χ0n) is 17.4. The van der Waals surface area contributed by atoms with Gasteiger partial charge in [0, 0.05) is 31.2 Å². The summed E-state index contributed by atoms with van der Waals surface area (Å²) in [6.45, 7) is 3.46. The number of amides is 1.